The number of carbonyl (C=O) groups excluding carboxylic acids is 1. The van der Waals surface area contributed by atoms with E-state index >= 15 is 0 Å². The molecule has 4 aromatic rings. The average molecular weight is 444 g/mol. The highest BCUT2D eigenvalue weighted by Crippen LogP contribution is 2.32. The number of carboxylic acids is 1. The van der Waals surface area contributed by atoms with Gasteiger partial charge in [0.15, 0.2) is 22.8 Å². The number of carbonyl (C=O) groups is 2. The fourth-order valence-corrected chi connectivity index (χ4v) is 3.27. The molecule has 0 aliphatic rings. The van der Waals surface area contributed by atoms with E-state index in [1.54, 1.807) is 62.9 Å². The van der Waals surface area contributed by atoms with Crippen LogP contribution < -0.4 is 14.8 Å². The fraction of sp³-hybridized carbons (Fsp3) is 0.0833. The molecule has 0 radical (unpaired) electrons. The third kappa shape index (κ3) is 4.52. The molecule has 0 aliphatic heterocycles. The fourth-order valence-electron chi connectivity index (χ4n) is 3.27. The standard InChI is InChI=1S/C24H20N4O5/c1-32-20-9-8-16(13-21(20)33-2)19-10-11-25-22-14-17(27-28(19)22)23(29)26-18(24(30)31)12-15-6-4-3-5-7-15/h3-14H,1-2H3,(H,26,29)(H,30,31)/b18-12+. The van der Waals surface area contributed by atoms with Gasteiger partial charge in [-0.3, -0.25) is 4.79 Å². The minimum atomic E-state index is -1.26. The number of ether oxygens (including phenoxy) is 2. The Kier molecular flexibility index (Phi) is 6.03. The minimum absolute atomic E-state index is 0.0237. The second-order valence-electron chi connectivity index (χ2n) is 6.93. The first-order chi connectivity index (χ1) is 16.0. The summed E-state index contributed by atoms with van der Waals surface area (Å²) in [6.45, 7) is 0. The van der Waals surface area contributed by atoms with Crippen LogP contribution in [0.2, 0.25) is 0 Å². The number of carboxylic acid groups (broad SMARTS) is 1. The Labute approximate surface area is 188 Å². The second-order valence-corrected chi connectivity index (χ2v) is 6.93. The van der Waals surface area contributed by atoms with Gasteiger partial charge in [0.2, 0.25) is 0 Å². The lowest BCUT2D eigenvalue weighted by atomic mass is 10.1. The molecule has 166 valence electrons. The molecule has 1 amide bonds. The van der Waals surface area contributed by atoms with Crippen LogP contribution in [-0.4, -0.2) is 45.8 Å². The summed E-state index contributed by atoms with van der Waals surface area (Å²) < 4.78 is 12.2. The van der Waals surface area contributed by atoms with Crippen molar-refractivity contribution in [3.8, 4) is 22.8 Å². The van der Waals surface area contributed by atoms with Crippen molar-refractivity contribution >= 4 is 23.6 Å². The van der Waals surface area contributed by atoms with E-state index in [1.165, 1.54) is 16.7 Å². The molecular formula is C24H20N4O5. The molecule has 9 heteroatoms. The molecule has 9 nitrogen and oxygen atoms in total. The summed E-state index contributed by atoms with van der Waals surface area (Å²) in [5.41, 5.74) is 2.26. The van der Waals surface area contributed by atoms with Gasteiger partial charge in [-0.1, -0.05) is 30.3 Å². The second kappa shape index (κ2) is 9.23. The number of hydrogen-bond donors (Lipinski definition) is 2. The largest absolute Gasteiger partial charge is 0.493 e. The van der Waals surface area contributed by atoms with E-state index in [2.05, 4.69) is 15.4 Å². The molecule has 33 heavy (non-hydrogen) atoms. The van der Waals surface area contributed by atoms with E-state index in [1.807, 2.05) is 12.1 Å². The Morgan fingerprint density at radius 2 is 1.76 bits per heavy atom. The van der Waals surface area contributed by atoms with Gasteiger partial charge < -0.3 is 19.9 Å². The van der Waals surface area contributed by atoms with E-state index in [0.717, 1.165) is 5.56 Å². The summed E-state index contributed by atoms with van der Waals surface area (Å²) in [5, 5.41) is 16.3. The summed E-state index contributed by atoms with van der Waals surface area (Å²) in [5.74, 6) is -0.802. The van der Waals surface area contributed by atoms with Gasteiger partial charge in [-0.25, -0.2) is 14.3 Å². The molecule has 2 heterocycles. The number of hydrogen-bond acceptors (Lipinski definition) is 6. The minimum Gasteiger partial charge on any atom is -0.493 e. The van der Waals surface area contributed by atoms with Gasteiger partial charge in [-0.15, -0.1) is 0 Å². The van der Waals surface area contributed by atoms with E-state index in [9.17, 15) is 14.7 Å². The number of methoxy groups -OCH3 is 2. The Morgan fingerprint density at radius 3 is 2.45 bits per heavy atom. The Balaban J connectivity index is 1.68. The topological polar surface area (TPSA) is 115 Å². The first kappa shape index (κ1) is 21.6. The van der Waals surface area contributed by atoms with Crippen LogP contribution in [0, 0.1) is 0 Å². The summed E-state index contributed by atoms with van der Waals surface area (Å²) >= 11 is 0. The lowest BCUT2D eigenvalue weighted by Gasteiger charge is -2.10. The van der Waals surface area contributed by atoms with Gasteiger partial charge in [0, 0.05) is 17.8 Å². The predicted octanol–water partition coefficient (Wildman–Crippen LogP) is 3.27. The maximum atomic E-state index is 12.8. The molecule has 4 rings (SSSR count). The summed E-state index contributed by atoms with van der Waals surface area (Å²) in [6, 6.07) is 17.5. The first-order valence-corrected chi connectivity index (χ1v) is 9.88. The average Bonchev–Trinajstić information content (AvgIpc) is 3.28. The molecule has 2 N–H and O–H groups in total. The Morgan fingerprint density at radius 1 is 1.00 bits per heavy atom. The SMILES string of the molecule is COc1ccc(-c2ccnc3cc(C(=O)N/C(=C/c4ccccc4)C(=O)O)nn23)cc1OC. The van der Waals surface area contributed by atoms with E-state index in [-0.39, 0.29) is 11.4 Å². The Bertz CT molecular complexity index is 1360. The molecule has 2 aromatic carbocycles. The van der Waals surface area contributed by atoms with Crippen LogP contribution in [0.1, 0.15) is 16.1 Å². The van der Waals surface area contributed by atoms with Crippen molar-refractivity contribution in [3.05, 3.63) is 83.8 Å². The van der Waals surface area contributed by atoms with Crippen LogP contribution in [0.15, 0.2) is 72.6 Å². The molecule has 2 aromatic heterocycles. The number of aromatic nitrogens is 3. The van der Waals surface area contributed by atoms with Crippen LogP contribution in [-0.2, 0) is 4.79 Å². The number of nitrogens with zero attached hydrogens (tertiary/aromatic N) is 3. The first-order valence-electron chi connectivity index (χ1n) is 9.88. The van der Waals surface area contributed by atoms with Crippen molar-refractivity contribution in [3.63, 3.8) is 0 Å². The zero-order valence-electron chi connectivity index (χ0n) is 17.9. The van der Waals surface area contributed by atoms with Crippen LogP contribution in [0.4, 0.5) is 0 Å². The molecule has 0 unspecified atom stereocenters. The third-order valence-corrected chi connectivity index (χ3v) is 4.86. The quantitative estimate of drug-likeness (QED) is 0.421. The van der Waals surface area contributed by atoms with Crippen LogP contribution in [0.5, 0.6) is 11.5 Å². The molecular weight excluding hydrogens is 424 g/mol. The van der Waals surface area contributed by atoms with E-state index in [0.29, 0.717) is 28.4 Å². The van der Waals surface area contributed by atoms with E-state index in [4.69, 9.17) is 9.47 Å². The van der Waals surface area contributed by atoms with Crippen molar-refractivity contribution in [2.45, 2.75) is 0 Å². The molecule has 0 atom stereocenters. The summed E-state index contributed by atoms with van der Waals surface area (Å²) in [7, 11) is 3.10. The number of fused-ring (bicyclic) bond motifs is 1. The lowest BCUT2D eigenvalue weighted by molar-refractivity contribution is -0.132. The van der Waals surface area contributed by atoms with Crippen molar-refractivity contribution in [1.29, 1.82) is 0 Å². The zero-order chi connectivity index (χ0) is 23.4. The highest BCUT2D eigenvalue weighted by Gasteiger charge is 2.18. The number of nitrogens with one attached hydrogen (secondary N) is 1. The highest BCUT2D eigenvalue weighted by molar-refractivity contribution is 6.02. The number of aliphatic carboxylic acids is 1. The third-order valence-electron chi connectivity index (χ3n) is 4.86. The van der Waals surface area contributed by atoms with Crippen LogP contribution in [0.25, 0.3) is 23.0 Å². The normalized spacial score (nSPS) is 11.3. The summed E-state index contributed by atoms with van der Waals surface area (Å²) in [6.07, 6.45) is 2.98. The van der Waals surface area contributed by atoms with Gasteiger partial charge in [0.05, 0.1) is 19.9 Å². The number of amides is 1. The van der Waals surface area contributed by atoms with Crippen molar-refractivity contribution in [1.82, 2.24) is 19.9 Å². The predicted molar refractivity (Wildman–Crippen MR) is 121 cm³/mol. The lowest BCUT2D eigenvalue weighted by Crippen LogP contribution is -2.27. The van der Waals surface area contributed by atoms with Crippen LogP contribution >= 0.6 is 0 Å². The molecule has 0 aliphatic carbocycles. The molecule has 0 bridgehead atoms. The molecule has 0 spiro atoms. The van der Waals surface area contributed by atoms with Crippen molar-refractivity contribution in [2.24, 2.45) is 0 Å². The molecule has 0 fully saturated rings. The maximum absolute atomic E-state index is 12.8. The van der Waals surface area contributed by atoms with Gasteiger partial charge in [-0.05, 0) is 35.9 Å². The highest BCUT2D eigenvalue weighted by atomic mass is 16.5. The van der Waals surface area contributed by atoms with E-state index < -0.39 is 11.9 Å². The van der Waals surface area contributed by atoms with Crippen molar-refractivity contribution < 1.29 is 24.2 Å². The van der Waals surface area contributed by atoms with Gasteiger partial charge >= 0.3 is 5.97 Å². The smallest absolute Gasteiger partial charge is 0.352 e. The Hall–Kier alpha value is -4.66. The summed E-state index contributed by atoms with van der Waals surface area (Å²) in [4.78, 5) is 28.7. The monoisotopic (exact) mass is 444 g/mol. The van der Waals surface area contributed by atoms with Crippen LogP contribution in [0.3, 0.4) is 0 Å². The van der Waals surface area contributed by atoms with Gasteiger partial charge in [0.1, 0.15) is 5.70 Å². The van der Waals surface area contributed by atoms with Gasteiger partial charge in [0.25, 0.3) is 5.91 Å². The molecule has 0 saturated carbocycles. The number of rotatable bonds is 7. The zero-order valence-corrected chi connectivity index (χ0v) is 17.9. The van der Waals surface area contributed by atoms with Gasteiger partial charge in [-0.2, -0.15) is 5.10 Å². The maximum Gasteiger partial charge on any atom is 0.352 e. The molecule has 0 saturated heterocycles. The van der Waals surface area contributed by atoms with Crippen molar-refractivity contribution in [2.75, 3.05) is 14.2 Å². The number of benzene rings is 2.